The van der Waals surface area contributed by atoms with Crippen molar-refractivity contribution in [3.63, 3.8) is 0 Å². The lowest BCUT2D eigenvalue weighted by Gasteiger charge is -2.42. The van der Waals surface area contributed by atoms with Crippen LogP contribution >= 0.6 is 0 Å². The fraction of sp³-hybridized carbons (Fsp3) is 0.900. The van der Waals surface area contributed by atoms with Crippen LogP contribution in [0.3, 0.4) is 0 Å². The minimum absolute atomic E-state index is 0.227. The van der Waals surface area contributed by atoms with Crippen LogP contribution in [-0.4, -0.2) is 69.6 Å². The zero-order chi connectivity index (χ0) is 11.9. The van der Waals surface area contributed by atoms with Gasteiger partial charge in [-0.1, -0.05) is 0 Å². The molecule has 2 aliphatic rings. The SMILES string of the molecule is CC(=O)NC1CN2CC[C@H](O)[C@@H]2[C@@H](O)[C@@H]1O. The van der Waals surface area contributed by atoms with E-state index in [1.807, 2.05) is 4.90 Å². The maximum atomic E-state index is 10.9. The van der Waals surface area contributed by atoms with Crippen molar-refractivity contribution in [2.75, 3.05) is 13.1 Å². The number of amides is 1. The van der Waals surface area contributed by atoms with Gasteiger partial charge in [-0.3, -0.25) is 9.69 Å². The van der Waals surface area contributed by atoms with E-state index in [4.69, 9.17) is 0 Å². The number of rotatable bonds is 1. The van der Waals surface area contributed by atoms with Crippen LogP contribution in [0.15, 0.2) is 0 Å². The van der Waals surface area contributed by atoms with Gasteiger partial charge in [-0.25, -0.2) is 0 Å². The highest BCUT2D eigenvalue weighted by Gasteiger charge is 2.48. The Labute approximate surface area is 93.9 Å². The Bertz CT molecular complexity index is 286. The summed E-state index contributed by atoms with van der Waals surface area (Å²) >= 11 is 0. The summed E-state index contributed by atoms with van der Waals surface area (Å²) in [6, 6.07) is -0.867. The van der Waals surface area contributed by atoms with Crippen LogP contribution < -0.4 is 5.32 Å². The third kappa shape index (κ3) is 1.93. The van der Waals surface area contributed by atoms with E-state index in [9.17, 15) is 20.1 Å². The number of piperidine rings is 1. The summed E-state index contributed by atoms with van der Waals surface area (Å²) in [5.41, 5.74) is 0. The van der Waals surface area contributed by atoms with E-state index in [1.54, 1.807) is 0 Å². The zero-order valence-corrected chi connectivity index (χ0v) is 9.21. The van der Waals surface area contributed by atoms with E-state index >= 15 is 0 Å². The molecule has 0 bridgehead atoms. The number of aliphatic hydroxyl groups is 3. The summed E-state index contributed by atoms with van der Waals surface area (Å²) in [5, 5.41) is 32.0. The molecule has 5 atom stereocenters. The maximum absolute atomic E-state index is 10.9. The topological polar surface area (TPSA) is 93.0 Å². The molecule has 92 valence electrons. The van der Waals surface area contributed by atoms with Crippen molar-refractivity contribution in [2.45, 2.75) is 43.7 Å². The van der Waals surface area contributed by atoms with E-state index in [1.165, 1.54) is 6.92 Å². The Morgan fingerprint density at radius 3 is 2.62 bits per heavy atom. The van der Waals surface area contributed by atoms with Crippen LogP contribution in [0.1, 0.15) is 13.3 Å². The number of aliphatic hydroxyl groups excluding tert-OH is 3. The summed E-state index contributed by atoms with van der Waals surface area (Å²) in [6.07, 6.45) is -2.02. The second-order valence-corrected chi connectivity index (χ2v) is 4.63. The second kappa shape index (κ2) is 4.29. The van der Waals surface area contributed by atoms with E-state index in [0.717, 1.165) is 0 Å². The molecule has 1 amide bonds. The molecule has 4 N–H and O–H groups in total. The largest absolute Gasteiger partial charge is 0.391 e. The Morgan fingerprint density at radius 2 is 2.00 bits per heavy atom. The molecule has 6 nitrogen and oxygen atoms in total. The molecule has 2 aliphatic heterocycles. The Hall–Kier alpha value is -0.690. The van der Waals surface area contributed by atoms with Gasteiger partial charge in [0.05, 0.1) is 24.3 Å². The highest BCUT2D eigenvalue weighted by atomic mass is 16.3. The quantitative estimate of drug-likeness (QED) is 0.405. The molecule has 2 rings (SSSR count). The zero-order valence-electron chi connectivity index (χ0n) is 9.21. The van der Waals surface area contributed by atoms with Crippen LogP contribution in [0.5, 0.6) is 0 Å². The van der Waals surface area contributed by atoms with Crippen molar-refractivity contribution >= 4 is 5.91 Å². The summed E-state index contributed by atoms with van der Waals surface area (Å²) in [4.78, 5) is 12.9. The molecule has 0 aromatic carbocycles. The Morgan fingerprint density at radius 1 is 1.31 bits per heavy atom. The molecule has 0 saturated carbocycles. The molecule has 6 heteroatoms. The van der Waals surface area contributed by atoms with Crippen LogP contribution in [-0.2, 0) is 4.79 Å². The number of carbonyl (C=O) groups excluding carboxylic acids is 1. The predicted octanol–water partition coefficient (Wildman–Crippen LogP) is -2.34. The first-order chi connectivity index (χ1) is 7.50. The monoisotopic (exact) mass is 230 g/mol. The summed E-state index contributed by atoms with van der Waals surface area (Å²) < 4.78 is 0. The van der Waals surface area contributed by atoms with Crippen molar-refractivity contribution < 1.29 is 20.1 Å². The van der Waals surface area contributed by atoms with Gasteiger partial charge in [-0.2, -0.15) is 0 Å². The smallest absolute Gasteiger partial charge is 0.217 e. The van der Waals surface area contributed by atoms with Crippen LogP contribution in [0.2, 0.25) is 0 Å². The number of nitrogens with one attached hydrogen (secondary N) is 1. The van der Waals surface area contributed by atoms with E-state index < -0.39 is 30.4 Å². The van der Waals surface area contributed by atoms with Gasteiger partial charge in [-0.15, -0.1) is 0 Å². The molecule has 0 aromatic heterocycles. The first-order valence-electron chi connectivity index (χ1n) is 5.56. The molecular formula is C10H18N2O4. The Kier molecular flexibility index (Phi) is 3.16. The van der Waals surface area contributed by atoms with Gasteiger partial charge in [0.25, 0.3) is 0 Å². The lowest BCUT2D eigenvalue weighted by atomic mass is 9.91. The molecule has 16 heavy (non-hydrogen) atoms. The summed E-state index contributed by atoms with van der Waals surface area (Å²) in [7, 11) is 0. The van der Waals surface area contributed by atoms with E-state index in [0.29, 0.717) is 19.5 Å². The number of carbonyl (C=O) groups is 1. The molecule has 0 aromatic rings. The molecule has 0 radical (unpaired) electrons. The highest BCUT2D eigenvalue weighted by molar-refractivity contribution is 5.73. The molecular weight excluding hydrogens is 212 g/mol. The number of hydrogen-bond donors (Lipinski definition) is 4. The summed E-state index contributed by atoms with van der Waals surface area (Å²) in [6.45, 7) is 2.54. The van der Waals surface area contributed by atoms with Gasteiger partial charge in [0.15, 0.2) is 0 Å². The van der Waals surface area contributed by atoms with E-state index in [2.05, 4.69) is 5.32 Å². The highest BCUT2D eigenvalue weighted by Crippen LogP contribution is 2.28. The van der Waals surface area contributed by atoms with E-state index in [-0.39, 0.29) is 5.91 Å². The van der Waals surface area contributed by atoms with Crippen molar-refractivity contribution in [1.82, 2.24) is 10.2 Å². The molecule has 0 aliphatic carbocycles. The van der Waals surface area contributed by atoms with Crippen LogP contribution in [0.4, 0.5) is 0 Å². The van der Waals surface area contributed by atoms with Crippen molar-refractivity contribution in [3.05, 3.63) is 0 Å². The number of fused-ring (bicyclic) bond motifs is 1. The Balaban J connectivity index is 2.09. The number of hydrogen-bond acceptors (Lipinski definition) is 5. The molecule has 2 fully saturated rings. The normalized spacial score (nSPS) is 44.1. The van der Waals surface area contributed by atoms with Crippen LogP contribution in [0.25, 0.3) is 0 Å². The number of nitrogens with zero attached hydrogens (tertiary/aromatic N) is 1. The first kappa shape index (κ1) is 11.8. The fourth-order valence-corrected chi connectivity index (χ4v) is 2.71. The maximum Gasteiger partial charge on any atom is 0.217 e. The first-order valence-corrected chi connectivity index (χ1v) is 5.56. The minimum atomic E-state index is -1.02. The second-order valence-electron chi connectivity index (χ2n) is 4.63. The van der Waals surface area contributed by atoms with Crippen molar-refractivity contribution in [2.24, 2.45) is 0 Å². The third-order valence-corrected chi connectivity index (χ3v) is 3.46. The van der Waals surface area contributed by atoms with Gasteiger partial charge in [0.2, 0.25) is 5.91 Å². The van der Waals surface area contributed by atoms with Gasteiger partial charge in [0.1, 0.15) is 6.10 Å². The van der Waals surface area contributed by atoms with Crippen LogP contribution in [0, 0.1) is 0 Å². The van der Waals surface area contributed by atoms with Gasteiger partial charge in [-0.05, 0) is 6.42 Å². The predicted molar refractivity (Wildman–Crippen MR) is 55.6 cm³/mol. The molecule has 1 unspecified atom stereocenters. The minimum Gasteiger partial charge on any atom is -0.391 e. The van der Waals surface area contributed by atoms with Crippen molar-refractivity contribution in [1.29, 1.82) is 0 Å². The lowest BCUT2D eigenvalue weighted by molar-refractivity contribution is -0.127. The fourth-order valence-electron chi connectivity index (χ4n) is 2.71. The van der Waals surface area contributed by atoms with Gasteiger partial charge >= 0.3 is 0 Å². The average Bonchev–Trinajstić information content (AvgIpc) is 2.55. The molecule has 0 spiro atoms. The average molecular weight is 230 g/mol. The van der Waals surface area contributed by atoms with Gasteiger partial charge < -0.3 is 20.6 Å². The standard InChI is InChI=1S/C10H18N2O4/c1-5(13)11-6-4-12-3-2-7(14)8(12)10(16)9(6)15/h6-10,14-16H,2-4H2,1H3,(H,11,13)/t6?,7-,8+,9+,10+/m0/s1. The summed E-state index contributed by atoms with van der Waals surface area (Å²) in [5.74, 6) is -0.227. The lowest BCUT2D eigenvalue weighted by Crippen LogP contribution is -2.65. The third-order valence-electron chi connectivity index (χ3n) is 3.46. The molecule has 2 saturated heterocycles. The van der Waals surface area contributed by atoms with Gasteiger partial charge in [0, 0.05) is 20.0 Å². The van der Waals surface area contributed by atoms with Crippen molar-refractivity contribution in [3.8, 4) is 0 Å². The molecule has 2 heterocycles.